The van der Waals surface area contributed by atoms with Crippen LogP contribution in [0, 0.1) is 5.82 Å². The van der Waals surface area contributed by atoms with Crippen molar-refractivity contribution in [2.45, 2.75) is 12.5 Å². The van der Waals surface area contributed by atoms with E-state index in [4.69, 9.17) is 0 Å². The zero-order valence-electron chi connectivity index (χ0n) is 18.2. The summed E-state index contributed by atoms with van der Waals surface area (Å²) in [6.07, 6.45) is 0.398. The molecule has 4 rings (SSSR count). The van der Waals surface area contributed by atoms with Gasteiger partial charge in [0.25, 0.3) is 0 Å². The van der Waals surface area contributed by atoms with Crippen LogP contribution in [0.3, 0.4) is 0 Å². The topological polar surface area (TPSA) is 68.7 Å². The van der Waals surface area contributed by atoms with Crippen LogP contribution in [0.1, 0.15) is 23.6 Å². The van der Waals surface area contributed by atoms with Crippen molar-refractivity contribution in [2.24, 2.45) is 5.10 Å². The number of nitrogens with zero attached hydrogens (tertiary/aromatic N) is 1. The maximum absolute atomic E-state index is 13.6. The average molecular weight is 519 g/mol. The first kappa shape index (κ1) is 23.5. The molecule has 0 heterocycles. The molecular formula is C27H24BrFN4O. The van der Waals surface area contributed by atoms with Gasteiger partial charge in [0.1, 0.15) is 11.6 Å². The summed E-state index contributed by atoms with van der Waals surface area (Å²) in [7, 11) is 0. The number of nitrogens with one attached hydrogen (secondary N) is 3. The van der Waals surface area contributed by atoms with Crippen molar-refractivity contribution in [1.82, 2.24) is 5.43 Å². The summed E-state index contributed by atoms with van der Waals surface area (Å²) < 4.78 is 14.4. The lowest BCUT2D eigenvalue weighted by Gasteiger charge is -2.22. The molecule has 0 saturated carbocycles. The fraction of sp³-hybridized carbons (Fsp3) is 0.0741. The predicted molar refractivity (Wildman–Crippen MR) is 139 cm³/mol. The summed E-state index contributed by atoms with van der Waals surface area (Å²) in [6, 6.07) is 30.6. The van der Waals surface area contributed by atoms with Gasteiger partial charge < -0.3 is 10.5 Å². The SMILES string of the molecule is Oc1ccc(Br)cc1/C(C[C@H](NNc1ccccc1)c1ccc(F)cc1)=N/Nc1ccccc1. The molecule has 34 heavy (non-hydrogen) atoms. The minimum Gasteiger partial charge on any atom is -0.507 e. The highest BCUT2D eigenvalue weighted by Gasteiger charge is 2.19. The Labute approximate surface area is 206 Å². The molecule has 0 aliphatic carbocycles. The van der Waals surface area contributed by atoms with Gasteiger partial charge >= 0.3 is 0 Å². The third-order valence-corrected chi connectivity index (χ3v) is 5.69. The number of aromatic hydroxyl groups is 1. The highest BCUT2D eigenvalue weighted by Crippen LogP contribution is 2.28. The zero-order chi connectivity index (χ0) is 23.8. The highest BCUT2D eigenvalue weighted by molar-refractivity contribution is 9.10. The van der Waals surface area contributed by atoms with Crippen LogP contribution in [-0.2, 0) is 0 Å². The maximum Gasteiger partial charge on any atom is 0.124 e. The molecule has 4 N–H and O–H groups in total. The molecule has 0 aliphatic rings. The summed E-state index contributed by atoms with van der Waals surface area (Å²) in [5, 5.41) is 15.3. The van der Waals surface area contributed by atoms with E-state index in [0.717, 1.165) is 21.4 Å². The number of hydrazine groups is 1. The van der Waals surface area contributed by atoms with Crippen LogP contribution in [0.2, 0.25) is 0 Å². The minimum absolute atomic E-state index is 0.116. The van der Waals surface area contributed by atoms with Gasteiger partial charge in [0.2, 0.25) is 0 Å². The molecule has 0 fully saturated rings. The van der Waals surface area contributed by atoms with Crippen molar-refractivity contribution in [2.75, 3.05) is 10.9 Å². The second-order valence-electron chi connectivity index (χ2n) is 7.64. The van der Waals surface area contributed by atoms with Crippen LogP contribution in [0.15, 0.2) is 113 Å². The molecule has 0 radical (unpaired) electrons. The van der Waals surface area contributed by atoms with E-state index >= 15 is 0 Å². The van der Waals surface area contributed by atoms with Gasteiger partial charge in [-0.15, -0.1) is 0 Å². The van der Waals surface area contributed by atoms with Crippen molar-refractivity contribution < 1.29 is 9.50 Å². The zero-order valence-corrected chi connectivity index (χ0v) is 19.8. The molecule has 0 unspecified atom stereocenters. The molecular weight excluding hydrogens is 495 g/mol. The fourth-order valence-electron chi connectivity index (χ4n) is 3.43. The first-order valence-corrected chi connectivity index (χ1v) is 11.6. The summed E-state index contributed by atoms with van der Waals surface area (Å²) in [6.45, 7) is 0. The number of anilines is 2. The van der Waals surface area contributed by atoms with E-state index in [1.165, 1.54) is 12.1 Å². The van der Waals surface area contributed by atoms with Crippen molar-refractivity contribution in [3.8, 4) is 5.75 Å². The molecule has 0 saturated heterocycles. The third kappa shape index (κ3) is 6.43. The maximum atomic E-state index is 13.6. The minimum atomic E-state index is -0.303. The van der Waals surface area contributed by atoms with E-state index in [2.05, 4.69) is 37.3 Å². The smallest absolute Gasteiger partial charge is 0.124 e. The summed E-state index contributed by atoms with van der Waals surface area (Å²) in [5.74, 6) is -0.187. The number of phenolic OH excluding ortho intramolecular Hbond substituents is 1. The standard InChI is InChI=1S/C27H24BrFN4O/c28-20-13-16-27(34)24(17-20)26(33-31-23-9-5-2-6-10-23)18-25(19-11-14-21(29)15-12-19)32-30-22-7-3-1-4-8-22/h1-17,25,30-32,34H,18H2/b33-26+/t25-/m0/s1. The van der Waals surface area contributed by atoms with Crippen molar-refractivity contribution in [3.05, 3.63) is 125 Å². The highest BCUT2D eigenvalue weighted by atomic mass is 79.9. The lowest BCUT2D eigenvalue weighted by Crippen LogP contribution is -2.29. The van der Waals surface area contributed by atoms with E-state index in [1.54, 1.807) is 24.3 Å². The third-order valence-electron chi connectivity index (χ3n) is 5.20. The lowest BCUT2D eigenvalue weighted by molar-refractivity contribution is 0.473. The first-order chi connectivity index (χ1) is 16.6. The fourth-order valence-corrected chi connectivity index (χ4v) is 3.79. The monoisotopic (exact) mass is 518 g/mol. The molecule has 0 spiro atoms. The normalized spacial score (nSPS) is 12.2. The molecule has 4 aromatic rings. The van der Waals surface area contributed by atoms with E-state index in [-0.39, 0.29) is 17.6 Å². The van der Waals surface area contributed by atoms with E-state index < -0.39 is 0 Å². The molecule has 0 bridgehead atoms. The van der Waals surface area contributed by atoms with Crippen LogP contribution >= 0.6 is 15.9 Å². The molecule has 0 aromatic heterocycles. The van der Waals surface area contributed by atoms with Crippen LogP contribution in [0.5, 0.6) is 5.75 Å². The van der Waals surface area contributed by atoms with Crippen LogP contribution in [0.4, 0.5) is 15.8 Å². The second kappa shape index (κ2) is 11.4. The van der Waals surface area contributed by atoms with Crippen LogP contribution in [-0.4, -0.2) is 10.8 Å². The number of hydrogen-bond donors (Lipinski definition) is 4. The molecule has 0 aliphatic heterocycles. The van der Waals surface area contributed by atoms with Gasteiger partial charge in [-0.3, -0.25) is 5.43 Å². The Morgan fingerprint density at radius 2 is 1.50 bits per heavy atom. The Balaban J connectivity index is 1.67. The Morgan fingerprint density at radius 3 is 2.18 bits per heavy atom. The summed E-state index contributed by atoms with van der Waals surface area (Å²) in [4.78, 5) is 0. The molecule has 1 atom stereocenters. The number of phenols is 1. The first-order valence-electron chi connectivity index (χ1n) is 10.8. The van der Waals surface area contributed by atoms with E-state index in [1.807, 2.05) is 66.7 Å². The van der Waals surface area contributed by atoms with Crippen LogP contribution < -0.4 is 16.3 Å². The van der Waals surface area contributed by atoms with Gasteiger partial charge in [0, 0.05) is 22.1 Å². The van der Waals surface area contributed by atoms with Gasteiger partial charge in [-0.1, -0.05) is 64.5 Å². The van der Waals surface area contributed by atoms with Gasteiger partial charge in [-0.2, -0.15) is 5.10 Å². The van der Waals surface area contributed by atoms with Gasteiger partial charge in [-0.05, 0) is 60.2 Å². The molecule has 4 aromatic carbocycles. The van der Waals surface area contributed by atoms with E-state index in [9.17, 15) is 9.50 Å². The average Bonchev–Trinajstić information content (AvgIpc) is 2.87. The Hall–Kier alpha value is -3.68. The number of rotatable bonds is 9. The number of benzene rings is 4. The summed E-state index contributed by atoms with van der Waals surface area (Å²) in [5.41, 5.74) is 13.4. The predicted octanol–water partition coefficient (Wildman–Crippen LogP) is 6.86. The largest absolute Gasteiger partial charge is 0.507 e. The number of para-hydroxylation sites is 2. The van der Waals surface area contributed by atoms with Crippen molar-refractivity contribution in [3.63, 3.8) is 0 Å². The van der Waals surface area contributed by atoms with E-state index in [0.29, 0.717) is 17.7 Å². The number of halogens is 2. The quantitative estimate of drug-likeness (QED) is 0.144. The number of hydrazone groups is 1. The van der Waals surface area contributed by atoms with Gasteiger partial charge in [0.05, 0.1) is 17.4 Å². The van der Waals surface area contributed by atoms with Gasteiger partial charge in [0.15, 0.2) is 0 Å². The molecule has 7 heteroatoms. The summed E-state index contributed by atoms with van der Waals surface area (Å²) >= 11 is 3.48. The second-order valence-corrected chi connectivity index (χ2v) is 8.56. The molecule has 0 amide bonds. The number of hydrogen-bond acceptors (Lipinski definition) is 5. The Kier molecular flexibility index (Phi) is 7.91. The molecule has 5 nitrogen and oxygen atoms in total. The van der Waals surface area contributed by atoms with Crippen molar-refractivity contribution >= 4 is 33.0 Å². The Morgan fingerprint density at radius 1 is 0.853 bits per heavy atom. The van der Waals surface area contributed by atoms with Crippen LogP contribution in [0.25, 0.3) is 0 Å². The molecule has 172 valence electrons. The van der Waals surface area contributed by atoms with Gasteiger partial charge in [-0.25, -0.2) is 9.82 Å². The van der Waals surface area contributed by atoms with Crippen molar-refractivity contribution in [1.29, 1.82) is 0 Å². The Bertz CT molecular complexity index is 1230. The lowest BCUT2D eigenvalue weighted by atomic mass is 9.97.